The van der Waals surface area contributed by atoms with E-state index in [1.807, 2.05) is 43.7 Å². The molecule has 0 saturated carbocycles. The van der Waals surface area contributed by atoms with E-state index in [0.29, 0.717) is 11.3 Å². The molecule has 0 fully saturated rings. The van der Waals surface area contributed by atoms with Crippen molar-refractivity contribution in [3.8, 4) is 0 Å². The Morgan fingerprint density at radius 3 is 2.48 bits per heavy atom. The lowest BCUT2D eigenvalue weighted by atomic mass is 10.1. The molecule has 4 heteroatoms. The highest BCUT2D eigenvalue weighted by Gasteiger charge is 2.14. The molecule has 0 aliphatic carbocycles. The topological polar surface area (TPSA) is 22.0 Å². The van der Waals surface area contributed by atoms with Gasteiger partial charge in [-0.2, -0.15) is 0 Å². The Morgan fingerprint density at radius 2 is 1.95 bits per heavy atom. The Hall–Kier alpha value is -1.81. The van der Waals surface area contributed by atoms with Crippen LogP contribution in [-0.4, -0.2) is 10.4 Å². The summed E-state index contributed by atoms with van der Waals surface area (Å²) in [5.74, 6) is -0.390. The summed E-state index contributed by atoms with van der Waals surface area (Å²) < 4.78 is 15.3. The van der Waals surface area contributed by atoms with Crippen LogP contribution >= 0.6 is 11.8 Å². The molecule has 0 N–H and O–H groups in total. The first kappa shape index (κ1) is 15.6. The lowest BCUT2D eigenvalue weighted by Gasteiger charge is -2.07. The zero-order valence-corrected chi connectivity index (χ0v) is 13.5. The molecule has 0 radical (unpaired) electrons. The quantitative estimate of drug-likeness (QED) is 0.747. The monoisotopic (exact) mass is 303 g/mol. The van der Waals surface area contributed by atoms with Crippen LogP contribution < -0.4 is 0 Å². The molecule has 0 spiro atoms. The van der Waals surface area contributed by atoms with Crippen molar-refractivity contribution >= 4 is 23.4 Å². The molecule has 0 aliphatic rings. The number of Topliss-reactive ketones (excluding diaryl/α,β-unsaturated/α-hetero) is 1. The maximum Gasteiger partial charge on any atom is 0.176 e. The zero-order valence-electron chi connectivity index (χ0n) is 12.7. The number of halogens is 1. The predicted octanol–water partition coefficient (Wildman–Crippen LogP) is 4.94. The van der Waals surface area contributed by atoms with Crippen molar-refractivity contribution in [2.45, 2.75) is 30.6 Å². The Balaban J connectivity index is 2.39. The molecule has 0 atom stereocenters. The fourth-order valence-electron chi connectivity index (χ4n) is 2.20. The largest absolute Gasteiger partial charge is 0.344 e. The SMILES string of the molecule is C=C(F)c1cc(Sc2cc(C(C)=O)n(C)c2C)ccc1C. The first-order valence-corrected chi connectivity index (χ1v) is 7.43. The lowest BCUT2D eigenvalue weighted by Crippen LogP contribution is -2.02. The van der Waals surface area contributed by atoms with Gasteiger partial charge in [0.15, 0.2) is 5.78 Å². The molecule has 0 unspecified atom stereocenters. The molecule has 1 heterocycles. The number of aryl methyl sites for hydroxylation is 1. The fraction of sp³-hybridized carbons (Fsp3) is 0.235. The molecule has 2 nitrogen and oxygen atoms in total. The number of aromatic nitrogens is 1. The van der Waals surface area contributed by atoms with Gasteiger partial charge < -0.3 is 4.57 Å². The molecular weight excluding hydrogens is 285 g/mol. The third-order valence-electron chi connectivity index (χ3n) is 3.58. The fourth-order valence-corrected chi connectivity index (χ4v) is 3.22. The van der Waals surface area contributed by atoms with Gasteiger partial charge in [0, 0.05) is 35.0 Å². The second kappa shape index (κ2) is 5.90. The standard InChI is InChI=1S/C17H18FNOS/c1-10-6-7-14(8-15(10)11(2)18)21-17-9-16(13(4)20)19(5)12(17)3/h6-9H,2H2,1,3-5H3. The van der Waals surface area contributed by atoms with Crippen molar-refractivity contribution in [2.75, 3.05) is 0 Å². The summed E-state index contributed by atoms with van der Waals surface area (Å²) in [6.45, 7) is 8.75. The Bertz CT molecular complexity index is 731. The van der Waals surface area contributed by atoms with Crippen LogP contribution in [0.5, 0.6) is 0 Å². The van der Waals surface area contributed by atoms with Gasteiger partial charge in [-0.3, -0.25) is 4.79 Å². The molecule has 0 saturated heterocycles. The summed E-state index contributed by atoms with van der Waals surface area (Å²) >= 11 is 1.53. The maximum absolute atomic E-state index is 13.4. The highest BCUT2D eigenvalue weighted by Crippen LogP contribution is 2.34. The number of ketones is 1. The number of carbonyl (C=O) groups is 1. The van der Waals surface area contributed by atoms with Crippen molar-refractivity contribution in [3.05, 3.63) is 53.4 Å². The van der Waals surface area contributed by atoms with Crippen LogP contribution in [0.2, 0.25) is 0 Å². The van der Waals surface area contributed by atoms with Gasteiger partial charge in [-0.1, -0.05) is 24.4 Å². The zero-order chi connectivity index (χ0) is 15.7. The second-order valence-corrected chi connectivity index (χ2v) is 6.19. The molecule has 110 valence electrons. The van der Waals surface area contributed by atoms with E-state index < -0.39 is 5.83 Å². The number of hydrogen-bond donors (Lipinski definition) is 0. The van der Waals surface area contributed by atoms with E-state index in [-0.39, 0.29) is 5.78 Å². The molecule has 1 aromatic heterocycles. The van der Waals surface area contributed by atoms with E-state index in [9.17, 15) is 9.18 Å². The molecule has 1 aromatic carbocycles. The van der Waals surface area contributed by atoms with Crippen LogP contribution in [0.15, 0.2) is 40.6 Å². The third kappa shape index (κ3) is 3.10. The first-order chi connectivity index (χ1) is 9.81. The Labute approximate surface area is 128 Å². The van der Waals surface area contributed by atoms with Gasteiger partial charge in [-0.15, -0.1) is 0 Å². The molecule has 21 heavy (non-hydrogen) atoms. The van der Waals surface area contributed by atoms with Crippen molar-refractivity contribution in [1.29, 1.82) is 0 Å². The summed E-state index contributed by atoms with van der Waals surface area (Å²) in [7, 11) is 1.88. The molecule has 2 aromatic rings. The number of carbonyl (C=O) groups excluding carboxylic acids is 1. The van der Waals surface area contributed by atoms with Crippen LogP contribution in [0.4, 0.5) is 4.39 Å². The summed E-state index contributed by atoms with van der Waals surface area (Å²) in [4.78, 5) is 13.5. The maximum atomic E-state index is 13.4. The van der Waals surface area contributed by atoms with E-state index in [2.05, 4.69) is 6.58 Å². The van der Waals surface area contributed by atoms with Crippen LogP contribution in [0.25, 0.3) is 5.83 Å². The van der Waals surface area contributed by atoms with Crippen molar-refractivity contribution in [3.63, 3.8) is 0 Å². The van der Waals surface area contributed by atoms with Crippen LogP contribution in [0.1, 0.15) is 34.2 Å². The lowest BCUT2D eigenvalue weighted by molar-refractivity contribution is 0.101. The number of hydrogen-bond acceptors (Lipinski definition) is 2. The first-order valence-electron chi connectivity index (χ1n) is 6.61. The predicted molar refractivity (Wildman–Crippen MR) is 85.6 cm³/mol. The second-order valence-electron chi connectivity index (χ2n) is 5.08. The average molecular weight is 303 g/mol. The highest BCUT2D eigenvalue weighted by atomic mass is 32.2. The minimum absolute atomic E-state index is 0.0363. The van der Waals surface area contributed by atoms with Crippen LogP contribution in [0, 0.1) is 13.8 Å². The van der Waals surface area contributed by atoms with Gasteiger partial charge in [0.25, 0.3) is 0 Å². The van der Waals surface area contributed by atoms with E-state index in [1.54, 1.807) is 13.0 Å². The number of rotatable bonds is 4. The summed E-state index contributed by atoms with van der Waals surface area (Å²) in [6.07, 6.45) is 0. The highest BCUT2D eigenvalue weighted by molar-refractivity contribution is 7.99. The minimum atomic E-state index is -0.427. The van der Waals surface area contributed by atoms with Gasteiger partial charge in [0.05, 0.1) is 5.69 Å². The summed E-state index contributed by atoms with van der Waals surface area (Å²) in [5, 5.41) is 0. The minimum Gasteiger partial charge on any atom is -0.344 e. The van der Waals surface area contributed by atoms with Crippen molar-refractivity contribution in [2.24, 2.45) is 7.05 Å². The van der Waals surface area contributed by atoms with Gasteiger partial charge >= 0.3 is 0 Å². The number of nitrogens with zero attached hydrogens (tertiary/aromatic N) is 1. The molecule has 0 amide bonds. The van der Waals surface area contributed by atoms with Crippen LogP contribution in [0.3, 0.4) is 0 Å². The smallest absolute Gasteiger partial charge is 0.176 e. The van der Waals surface area contributed by atoms with Gasteiger partial charge in [0.2, 0.25) is 0 Å². The van der Waals surface area contributed by atoms with E-state index in [0.717, 1.165) is 21.0 Å². The average Bonchev–Trinajstić information content (AvgIpc) is 2.69. The molecule has 2 rings (SSSR count). The van der Waals surface area contributed by atoms with Gasteiger partial charge in [-0.05, 0) is 37.6 Å². The van der Waals surface area contributed by atoms with E-state index in [4.69, 9.17) is 0 Å². The van der Waals surface area contributed by atoms with E-state index >= 15 is 0 Å². The molecule has 0 aliphatic heterocycles. The van der Waals surface area contributed by atoms with Crippen molar-refractivity contribution in [1.82, 2.24) is 4.57 Å². The normalized spacial score (nSPS) is 10.7. The Morgan fingerprint density at radius 1 is 1.29 bits per heavy atom. The summed E-state index contributed by atoms with van der Waals surface area (Å²) in [5.41, 5.74) is 3.09. The summed E-state index contributed by atoms with van der Waals surface area (Å²) in [6, 6.07) is 7.51. The number of benzene rings is 1. The Kier molecular flexibility index (Phi) is 4.37. The van der Waals surface area contributed by atoms with E-state index in [1.165, 1.54) is 11.8 Å². The molecular formula is C17H18FNOS. The molecule has 0 bridgehead atoms. The van der Waals surface area contributed by atoms with Crippen LogP contribution in [-0.2, 0) is 7.05 Å². The van der Waals surface area contributed by atoms with Gasteiger partial charge in [-0.25, -0.2) is 4.39 Å². The van der Waals surface area contributed by atoms with Gasteiger partial charge in [0.1, 0.15) is 5.83 Å². The van der Waals surface area contributed by atoms with Crippen molar-refractivity contribution < 1.29 is 9.18 Å². The third-order valence-corrected chi connectivity index (χ3v) is 4.70.